The minimum Gasteiger partial charge on any atom is -0.493 e. The Hall–Kier alpha value is -4.05. The van der Waals surface area contributed by atoms with Gasteiger partial charge in [-0.15, -0.1) is 11.3 Å². The summed E-state index contributed by atoms with van der Waals surface area (Å²) in [6, 6.07) is 15.8. The Morgan fingerprint density at radius 1 is 0.902 bits per heavy atom. The molecule has 0 saturated heterocycles. The summed E-state index contributed by atoms with van der Waals surface area (Å²) in [6.07, 6.45) is 2.26. The third-order valence-corrected chi connectivity index (χ3v) is 7.30. The number of anilines is 1. The lowest BCUT2D eigenvalue weighted by Crippen LogP contribution is -2.45. The van der Waals surface area contributed by atoms with Gasteiger partial charge in [-0.2, -0.15) is 0 Å². The number of benzene rings is 2. The number of carbonyl (C=O) groups excluding carboxylic acids is 3. The van der Waals surface area contributed by atoms with E-state index in [9.17, 15) is 14.4 Å². The zero-order valence-electron chi connectivity index (χ0n) is 24.2. The second-order valence-electron chi connectivity index (χ2n) is 9.34. The van der Waals surface area contributed by atoms with E-state index < -0.39 is 5.97 Å². The molecule has 0 fully saturated rings. The molecule has 0 aliphatic rings. The van der Waals surface area contributed by atoms with Gasteiger partial charge in [0.25, 0.3) is 0 Å². The van der Waals surface area contributed by atoms with E-state index in [-0.39, 0.29) is 25.1 Å². The Morgan fingerprint density at radius 3 is 2.29 bits per heavy atom. The lowest BCUT2D eigenvalue weighted by molar-refractivity contribution is -0.132. The van der Waals surface area contributed by atoms with Gasteiger partial charge in [-0.05, 0) is 73.2 Å². The standard InChI is InChI=1S/C31H39N3O6S/c1-5-7-17-34(31(37)32-25-13-11-24(12-14-25)30(36)40-6-2)22-29(35)33(21-26-9-8-19-41-26)18-16-23-10-15-27(38-3)28(20-23)39-4/h8-15,19-20H,5-7,16-18,21-22H2,1-4H3,(H,32,37). The lowest BCUT2D eigenvalue weighted by Gasteiger charge is -2.28. The fourth-order valence-electron chi connectivity index (χ4n) is 4.15. The molecule has 1 heterocycles. The highest BCUT2D eigenvalue weighted by Crippen LogP contribution is 2.28. The molecule has 10 heteroatoms. The summed E-state index contributed by atoms with van der Waals surface area (Å²) < 4.78 is 15.8. The number of ether oxygens (including phenoxy) is 3. The molecule has 3 aromatic rings. The van der Waals surface area contributed by atoms with E-state index in [1.165, 1.54) is 0 Å². The van der Waals surface area contributed by atoms with Gasteiger partial charge in [-0.3, -0.25) is 4.79 Å². The zero-order valence-corrected chi connectivity index (χ0v) is 25.0. The van der Waals surface area contributed by atoms with Gasteiger partial charge < -0.3 is 29.3 Å². The van der Waals surface area contributed by atoms with Crippen LogP contribution in [0, 0.1) is 0 Å². The number of hydrogen-bond donors (Lipinski definition) is 1. The topological polar surface area (TPSA) is 97.4 Å². The normalized spacial score (nSPS) is 10.5. The van der Waals surface area contributed by atoms with Crippen LogP contribution < -0.4 is 14.8 Å². The van der Waals surface area contributed by atoms with Gasteiger partial charge in [0.2, 0.25) is 5.91 Å². The lowest BCUT2D eigenvalue weighted by atomic mass is 10.1. The fourth-order valence-corrected chi connectivity index (χ4v) is 4.87. The molecule has 41 heavy (non-hydrogen) atoms. The van der Waals surface area contributed by atoms with Gasteiger partial charge in [0.15, 0.2) is 11.5 Å². The van der Waals surface area contributed by atoms with Crippen LogP contribution in [0.25, 0.3) is 0 Å². The molecule has 0 bridgehead atoms. The first kappa shape index (κ1) is 31.5. The maximum Gasteiger partial charge on any atom is 0.338 e. The number of unbranched alkanes of at least 4 members (excludes halogenated alkanes) is 1. The van der Waals surface area contributed by atoms with E-state index in [0.29, 0.717) is 48.8 Å². The van der Waals surface area contributed by atoms with Crippen molar-refractivity contribution in [2.75, 3.05) is 45.8 Å². The molecule has 9 nitrogen and oxygen atoms in total. The van der Waals surface area contributed by atoms with Crippen molar-refractivity contribution >= 4 is 34.9 Å². The van der Waals surface area contributed by atoms with Crippen LogP contribution in [0.1, 0.15) is 47.5 Å². The second kappa shape index (κ2) is 16.3. The van der Waals surface area contributed by atoms with Crippen LogP contribution in [0.3, 0.4) is 0 Å². The summed E-state index contributed by atoms with van der Waals surface area (Å²) in [5.41, 5.74) is 1.95. The Morgan fingerprint density at radius 2 is 1.66 bits per heavy atom. The van der Waals surface area contributed by atoms with E-state index in [2.05, 4.69) is 5.32 Å². The Bertz CT molecular complexity index is 1260. The molecule has 220 valence electrons. The van der Waals surface area contributed by atoms with Crippen LogP contribution in [0.4, 0.5) is 10.5 Å². The maximum atomic E-state index is 13.6. The van der Waals surface area contributed by atoms with E-state index in [1.54, 1.807) is 66.5 Å². The summed E-state index contributed by atoms with van der Waals surface area (Å²) >= 11 is 1.59. The predicted octanol–water partition coefficient (Wildman–Crippen LogP) is 5.85. The number of methoxy groups -OCH3 is 2. The summed E-state index contributed by atoms with van der Waals surface area (Å²) in [6.45, 7) is 5.40. The monoisotopic (exact) mass is 581 g/mol. The van der Waals surface area contributed by atoms with Crippen molar-refractivity contribution < 1.29 is 28.6 Å². The molecule has 1 aromatic heterocycles. The van der Waals surface area contributed by atoms with E-state index in [4.69, 9.17) is 14.2 Å². The van der Waals surface area contributed by atoms with Gasteiger partial charge >= 0.3 is 12.0 Å². The summed E-state index contributed by atoms with van der Waals surface area (Å²) in [4.78, 5) is 43.2. The first-order valence-electron chi connectivity index (χ1n) is 13.7. The SMILES string of the molecule is CCCCN(CC(=O)N(CCc1ccc(OC)c(OC)c1)Cc1cccs1)C(=O)Nc1ccc(C(=O)OCC)cc1. The Balaban J connectivity index is 1.71. The van der Waals surface area contributed by atoms with Crippen molar-refractivity contribution in [3.8, 4) is 11.5 Å². The molecule has 3 amide bonds. The highest BCUT2D eigenvalue weighted by atomic mass is 32.1. The number of thiophene rings is 1. The van der Waals surface area contributed by atoms with E-state index in [1.807, 2.05) is 42.6 Å². The molecular weight excluding hydrogens is 542 g/mol. The van der Waals surface area contributed by atoms with Crippen molar-refractivity contribution in [1.29, 1.82) is 0 Å². The Kier molecular flexibility index (Phi) is 12.5. The minimum atomic E-state index is -0.417. The number of rotatable bonds is 15. The van der Waals surface area contributed by atoms with Crippen molar-refractivity contribution in [3.05, 3.63) is 76.0 Å². The number of nitrogens with zero attached hydrogens (tertiary/aromatic N) is 2. The Labute approximate surface area is 246 Å². The first-order chi connectivity index (χ1) is 19.9. The summed E-state index contributed by atoms with van der Waals surface area (Å²) in [5, 5.41) is 4.85. The zero-order chi connectivity index (χ0) is 29.6. The van der Waals surface area contributed by atoms with Crippen molar-refractivity contribution in [2.24, 2.45) is 0 Å². The van der Waals surface area contributed by atoms with Crippen LogP contribution in [0.2, 0.25) is 0 Å². The molecule has 3 rings (SSSR count). The molecular formula is C31H39N3O6S. The molecule has 0 aliphatic carbocycles. The third-order valence-electron chi connectivity index (χ3n) is 6.44. The molecule has 0 spiro atoms. The van der Waals surface area contributed by atoms with Crippen LogP contribution >= 0.6 is 11.3 Å². The highest BCUT2D eigenvalue weighted by molar-refractivity contribution is 7.09. The molecule has 0 atom stereocenters. The third kappa shape index (κ3) is 9.53. The average Bonchev–Trinajstić information content (AvgIpc) is 3.50. The van der Waals surface area contributed by atoms with Crippen LogP contribution in [0.15, 0.2) is 60.0 Å². The van der Waals surface area contributed by atoms with Crippen LogP contribution in [0.5, 0.6) is 11.5 Å². The number of nitrogens with one attached hydrogen (secondary N) is 1. The molecule has 0 aliphatic heterocycles. The van der Waals surface area contributed by atoms with Gasteiger partial charge in [-0.25, -0.2) is 9.59 Å². The van der Waals surface area contributed by atoms with Gasteiger partial charge in [-0.1, -0.05) is 25.5 Å². The fraction of sp³-hybridized carbons (Fsp3) is 0.387. The smallest absolute Gasteiger partial charge is 0.338 e. The largest absolute Gasteiger partial charge is 0.493 e. The predicted molar refractivity (Wildman–Crippen MR) is 161 cm³/mol. The molecule has 2 aromatic carbocycles. The quantitative estimate of drug-likeness (QED) is 0.226. The van der Waals surface area contributed by atoms with E-state index >= 15 is 0 Å². The second-order valence-corrected chi connectivity index (χ2v) is 10.4. The first-order valence-corrected chi connectivity index (χ1v) is 14.6. The number of amides is 3. The summed E-state index contributed by atoms with van der Waals surface area (Å²) in [5.74, 6) is 0.733. The highest BCUT2D eigenvalue weighted by Gasteiger charge is 2.22. The van der Waals surface area contributed by atoms with Crippen molar-refractivity contribution in [2.45, 2.75) is 39.7 Å². The molecule has 0 radical (unpaired) electrons. The number of urea groups is 1. The average molecular weight is 582 g/mol. The number of esters is 1. The van der Waals surface area contributed by atoms with Crippen molar-refractivity contribution in [1.82, 2.24) is 9.80 Å². The number of carbonyl (C=O) groups is 3. The van der Waals surface area contributed by atoms with Gasteiger partial charge in [0.05, 0.1) is 32.9 Å². The molecule has 0 unspecified atom stereocenters. The number of hydrogen-bond acceptors (Lipinski definition) is 7. The van der Waals surface area contributed by atoms with E-state index in [0.717, 1.165) is 23.3 Å². The van der Waals surface area contributed by atoms with Crippen molar-refractivity contribution in [3.63, 3.8) is 0 Å². The molecule has 0 saturated carbocycles. The van der Waals surface area contributed by atoms with Gasteiger partial charge in [0, 0.05) is 23.7 Å². The molecule has 1 N–H and O–H groups in total. The maximum absolute atomic E-state index is 13.6. The minimum absolute atomic E-state index is 0.0515. The van der Waals surface area contributed by atoms with Gasteiger partial charge in [0.1, 0.15) is 6.54 Å². The summed E-state index contributed by atoms with van der Waals surface area (Å²) in [7, 11) is 3.19. The van der Waals surface area contributed by atoms with Crippen LogP contribution in [-0.2, 0) is 22.5 Å². The van der Waals surface area contributed by atoms with Crippen LogP contribution in [-0.4, -0.2) is 68.2 Å².